The Morgan fingerprint density at radius 3 is 1.41 bits per heavy atom. The predicted molar refractivity (Wildman–Crippen MR) is 99.9 cm³/mol. The molecule has 6 nitrogen and oxygen atoms in total. The van der Waals surface area contributed by atoms with Gasteiger partial charge in [0.15, 0.2) is 0 Å². The number of rotatable bonds is 3. The Kier molecular flexibility index (Phi) is 10.8. The molecule has 142 valence electrons. The maximum absolute atomic E-state index is 5.06. The van der Waals surface area contributed by atoms with E-state index in [0.717, 1.165) is 36.1 Å². The minimum atomic E-state index is 0. The van der Waals surface area contributed by atoms with Crippen molar-refractivity contribution in [2.45, 2.75) is 0 Å². The molecule has 0 unspecified atom stereocenters. The Hall–Kier alpha value is -1.82. The van der Waals surface area contributed by atoms with Crippen molar-refractivity contribution in [2.75, 3.05) is 54.9 Å². The first-order chi connectivity index (χ1) is 12.6. The van der Waals surface area contributed by atoms with Crippen LogP contribution >= 0.6 is 0 Å². The van der Waals surface area contributed by atoms with E-state index in [1.807, 2.05) is 12.1 Å². The van der Waals surface area contributed by atoms with E-state index in [2.05, 4.69) is 50.1 Å². The molecule has 2 aliphatic rings. The van der Waals surface area contributed by atoms with Crippen molar-refractivity contribution in [1.29, 1.82) is 0 Å². The van der Waals surface area contributed by atoms with E-state index in [-0.39, 0.29) is 19.5 Å². The van der Waals surface area contributed by atoms with Gasteiger partial charge in [-0.2, -0.15) is 24.3 Å². The van der Waals surface area contributed by atoms with E-state index in [1.165, 1.54) is 0 Å². The molecule has 2 aromatic rings. The van der Waals surface area contributed by atoms with Gasteiger partial charge in [0.05, 0.1) is 23.0 Å². The Balaban J connectivity index is 0.000000200. The number of likely N-dealkylation sites (N-methyl/N-ethyl adjacent to an activating group) is 2. The summed E-state index contributed by atoms with van der Waals surface area (Å²) in [5, 5.41) is 0. The molecule has 0 N–H and O–H groups in total. The van der Waals surface area contributed by atoms with Gasteiger partial charge in [-0.05, 0) is 28.2 Å². The second-order valence-electron chi connectivity index (χ2n) is 6.17. The van der Waals surface area contributed by atoms with Gasteiger partial charge in [-0.25, -0.2) is 0 Å². The first-order valence-corrected chi connectivity index (χ1v) is 8.37. The average Bonchev–Trinajstić information content (AvgIpc) is 3.30. The second-order valence-corrected chi connectivity index (χ2v) is 6.17. The van der Waals surface area contributed by atoms with Crippen LogP contribution in [0.1, 0.15) is 0 Å². The molecule has 2 heterocycles. The zero-order valence-electron chi connectivity index (χ0n) is 16.5. The van der Waals surface area contributed by atoms with Gasteiger partial charge in [-0.3, -0.25) is 0 Å². The van der Waals surface area contributed by atoms with Gasteiger partial charge < -0.3 is 28.7 Å². The van der Waals surface area contributed by atoms with Crippen LogP contribution in [0.15, 0.2) is 36.4 Å². The van der Waals surface area contributed by atoms with Crippen molar-refractivity contribution < 1.29 is 38.4 Å². The molecule has 7 heteroatoms. The third kappa shape index (κ3) is 8.61. The Labute approximate surface area is 174 Å². The molecule has 2 aliphatic heterocycles. The predicted octanol–water partition coefficient (Wildman–Crippen LogP) is 2.54. The number of hydrogen-bond acceptors (Lipinski definition) is 6. The molecule has 0 amide bonds. The topological polar surface area (TPSA) is 43.4 Å². The fraction of sp³-hybridized carbons (Fsp3) is 0.400. The smallest absolute Gasteiger partial charge is 0.516 e. The Bertz CT molecular complexity index is 564. The zero-order valence-corrected chi connectivity index (χ0v) is 19.5. The normalized spacial score (nSPS) is 12.5. The molecule has 27 heavy (non-hydrogen) atoms. The molecule has 0 aliphatic carbocycles. The maximum Gasteiger partial charge on any atom is 2.00 e. The fourth-order valence-corrected chi connectivity index (χ4v) is 1.98. The molecule has 2 aromatic carbocycles. The largest absolute Gasteiger partial charge is 2.00 e. The summed E-state index contributed by atoms with van der Waals surface area (Å²) in [4.78, 5) is 4.36. The molecule has 4 rings (SSSR count). The van der Waals surface area contributed by atoms with Crippen molar-refractivity contribution in [1.82, 2.24) is 9.80 Å². The van der Waals surface area contributed by atoms with Crippen LogP contribution in [0.2, 0.25) is 0 Å². The van der Waals surface area contributed by atoms with E-state index in [4.69, 9.17) is 18.9 Å². The second kappa shape index (κ2) is 12.5. The van der Waals surface area contributed by atoms with Gasteiger partial charge in [0.2, 0.25) is 13.6 Å². The van der Waals surface area contributed by atoms with Crippen LogP contribution in [0.3, 0.4) is 0 Å². The summed E-state index contributed by atoms with van der Waals surface area (Å²) in [5.41, 5.74) is 0. The first-order valence-electron chi connectivity index (χ1n) is 8.37. The van der Waals surface area contributed by atoms with E-state index in [9.17, 15) is 0 Å². The molecule has 0 spiro atoms. The van der Waals surface area contributed by atoms with Crippen molar-refractivity contribution in [3.05, 3.63) is 48.5 Å². The van der Waals surface area contributed by atoms with Gasteiger partial charge in [0.25, 0.3) is 0 Å². The summed E-state index contributed by atoms with van der Waals surface area (Å²) in [6.45, 7) is 2.97. The van der Waals surface area contributed by atoms with E-state index in [1.54, 1.807) is 24.3 Å². The van der Waals surface area contributed by atoms with Crippen LogP contribution in [-0.2, 0) is 19.5 Å². The van der Waals surface area contributed by atoms with Gasteiger partial charge in [-0.1, -0.05) is 0 Å². The molecule has 0 saturated carbocycles. The Morgan fingerprint density at radius 2 is 1.07 bits per heavy atom. The molecule has 0 fully saturated rings. The van der Waals surface area contributed by atoms with Crippen molar-refractivity contribution >= 4 is 0 Å². The van der Waals surface area contributed by atoms with Crippen LogP contribution in [0.25, 0.3) is 0 Å². The summed E-state index contributed by atoms with van der Waals surface area (Å²) >= 11 is 0. The third-order valence-electron chi connectivity index (χ3n) is 3.43. The molecule has 0 radical (unpaired) electrons. The van der Waals surface area contributed by atoms with Gasteiger partial charge in [-0.15, -0.1) is 24.3 Å². The number of nitrogens with zero attached hydrogens (tertiary/aromatic N) is 2. The minimum Gasteiger partial charge on any atom is -0.516 e. The van der Waals surface area contributed by atoms with Gasteiger partial charge >= 0.3 is 19.5 Å². The average molecular weight is 424 g/mol. The summed E-state index contributed by atoms with van der Waals surface area (Å²) < 4.78 is 20.2. The summed E-state index contributed by atoms with van der Waals surface area (Å²) in [6, 6.07) is 16.6. The zero-order chi connectivity index (χ0) is 18.8. The van der Waals surface area contributed by atoms with E-state index < -0.39 is 0 Å². The number of fused-ring (bicyclic) bond motifs is 2. The van der Waals surface area contributed by atoms with E-state index in [0.29, 0.717) is 13.6 Å². The SMILES string of the molecule is CN(C)CCN(C)C.[Zn+2].[c-]1ccc2c(c1)OCO2.[c-]1ccc2c(c1)OCO2. The quantitative estimate of drug-likeness (QED) is 0.558. The van der Waals surface area contributed by atoms with Crippen molar-refractivity contribution in [2.24, 2.45) is 0 Å². The molecular weight excluding hydrogens is 398 g/mol. The summed E-state index contributed by atoms with van der Waals surface area (Å²) in [6.07, 6.45) is 0. The van der Waals surface area contributed by atoms with E-state index >= 15 is 0 Å². The molecule has 0 aromatic heterocycles. The summed E-state index contributed by atoms with van der Waals surface area (Å²) in [7, 11) is 8.35. The molecule has 0 saturated heterocycles. The van der Waals surface area contributed by atoms with Crippen LogP contribution in [0.4, 0.5) is 0 Å². The van der Waals surface area contributed by atoms with Crippen LogP contribution in [0, 0.1) is 12.1 Å². The monoisotopic (exact) mass is 422 g/mol. The number of hydrogen-bond donors (Lipinski definition) is 0. The molecule has 0 atom stereocenters. The fourth-order valence-electron chi connectivity index (χ4n) is 1.98. The number of benzene rings is 2. The van der Waals surface area contributed by atoms with Crippen molar-refractivity contribution in [3.8, 4) is 23.0 Å². The standard InChI is InChI=1S/2C7H5O2.C6H16N2.Zn/c2*1-2-4-7-6(3-1)8-5-9-7;1-7(2)5-6-8(3)4;/h2*1,3-4H,5H2;5-6H2,1-4H3;/q2*-1;;+2. The van der Waals surface area contributed by atoms with Gasteiger partial charge in [0, 0.05) is 13.1 Å². The van der Waals surface area contributed by atoms with Gasteiger partial charge in [0.1, 0.15) is 0 Å². The number of ether oxygens (including phenoxy) is 4. The third-order valence-corrected chi connectivity index (χ3v) is 3.43. The van der Waals surface area contributed by atoms with Crippen LogP contribution in [0.5, 0.6) is 23.0 Å². The van der Waals surface area contributed by atoms with Crippen LogP contribution in [-0.4, -0.2) is 64.7 Å². The Morgan fingerprint density at radius 1 is 0.704 bits per heavy atom. The summed E-state index contributed by atoms with van der Waals surface area (Å²) in [5.74, 6) is 3.21. The molecular formula is C20H26N2O4Zn. The first kappa shape index (κ1) is 23.2. The molecule has 0 bridgehead atoms. The minimum absolute atomic E-state index is 0. The maximum atomic E-state index is 5.06. The van der Waals surface area contributed by atoms with Crippen molar-refractivity contribution in [3.63, 3.8) is 0 Å². The van der Waals surface area contributed by atoms with Crippen LogP contribution < -0.4 is 18.9 Å².